The highest BCUT2D eigenvalue weighted by atomic mass is 35.5. The molecule has 0 aliphatic rings. The van der Waals surface area contributed by atoms with Crippen LogP contribution in [0, 0.1) is 6.92 Å². The van der Waals surface area contributed by atoms with Gasteiger partial charge in [0.05, 0.1) is 15.6 Å². The monoisotopic (exact) mass is 617 g/mol. The molecule has 0 aliphatic carbocycles. The van der Waals surface area contributed by atoms with Gasteiger partial charge in [0, 0.05) is 19.0 Å². The fraction of sp³-hybridized carbons (Fsp3) is 0.235. The van der Waals surface area contributed by atoms with Crippen LogP contribution in [0.5, 0.6) is 0 Å². The highest BCUT2D eigenvalue weighted by Gasteiger charge is 2.35. The van der Waals surface area contributed by atoms with Crippen molar-refractivity contribution in [1.29, 1.82) is 0 Å². The van der Waals surface area contributed by atoms with Crippen molar-refractivity contribution < 1.29 is 18.0 Å². The van der Waals surface area contributed by atoms with Crippen LogP contribution in [-0.2, 0) is 32.6 Å². The van der Waals surface area contributed by atoms with E-state index in [0.717, 1.165) is 21.0 Å². The minimum absolute atomic E-state index is 0.0198. The SMILES string of the molecule is Cc1cccc(CN(C(=O)CN(c2ccccc2Cl)S(=O)(=O)c2ccccc2)[C@@H](Cc2ccccc2)C(=O)NC(C)C)c1. The van der Waals surface area contributed by atoms with Gasteiger partial charge in [-0.1, -0.05) is 102 Å². The molecule has 1 atom stereocenters. The van der Waals surface area contributed by atoms with Crippen molar-refractivity contribution in [3.05, 3.63) is 131 Å². The topological polar surface area (TPSA) is 86.8 Å². The molecule has 0 aromatic heterocycles. The third-order valence-corrected chi connectivity index (χ3v) is 8.96. The zero-order valence-corrected chi connectivity index (χ0v) is 26.1. The van der Waals surface area contributed by atoms with Crippen LogP contribution in [0.4, 0.5) is 5.69 Å². The molecule has 0 fully saturated rings. The lowest BCUT2D eigenvalue weighted by Crippen LogP contribution is -2.54. The maximum absolute atomic E-state index is 14.4. The van der Waals surface area contributed by atoms with E-state index < -0.39 is 28.5 Å². The molecule has 0 saturated heterocycles. The molecule has 0 unspecified atom stereocenters. The summed E-state index contributed by atoms with van der Waals surface area (Å²) < 4.78 is 29.0. The first-order chi connectivity index (χ1) is 20.6. The molecule has 1 N–H and O–H groups in total. The van der Waals surface area contributed by atoms with Crippen LogP contribution in [0.1, 0.15) is 30.5 Å². The van der Waals surface area contributed by atoms with E-state index in [1.807, 2.05) is 75.4 Å². The van der Waals surface area contributed by atoms with E-state index >= 15 is 0 Å². The first-order valence-electron chi connectivity index (χ1n) is 14.1. The Morgan fingerprint density at radius 1 is 0.814 bits per heavy atom. The molecular formula is C34H36ClN3O4S. The maximum atomic E-state index is 14.4. The summed E-state index contributed by atoms with van der Waals surface area (Å²) in [7, 11) is -4.21. The molecule has 9 heteroatoms. The van der Waals surface area contributed by atoms with Crippen LogP contribution in [0.2, 0.25) is 5.02 Å². The number of para-hydroxylation sites is 1. The minimum atomic E-state index is -4.21. The summed E-state index contributed by atoms with van der Waals surface area (Å²) in [5.74, 6) is -0.865. The van der Waals surface area contributed by atoms with Gasteiger partial charge < -0.3 is 10.2 Å². The third-order valence-electron chi connectivity index (χ3n) is 6.87. The van der Waals surface area contributed by atoms with Crippen molar-refractivity contribution >= 4 is 39.1 Å². The second-order valence-corrected chi connectivity index (χ2v) is 12.9. The maximum Gasteiger partial charge on any atom is 0.264 e. The Balaban J connectivity index is 1.81. The summed E-state index contributed by atoms with van der Waals surface area (Å²) in [5.41, 5.74) is 2.86. The second kappa shape index (κ2) is 14.4. The number of hydrogen-bond donors (Lipinski definition) is 1. The van der Waals surface area contributed by atoms with Gasteiger partial charge in [-0.3, -0.25) is 13.9 Å². The number of sulfonamides is 1. The number of amides is 2. The number of hydrogen-bond acceptors (Lipinski definition) is 4. The molecule has 0 bridgehead atoms. The lowest BCUT2D eigenvalue weighted by atomic mass is 10.0. The number of carbonyl (C=O) groups excluding carboxylic acids is 2. The normalized spacial score (nSPS) is 12.0. The molecule has 0 aliphatic heterocycles. The van der Waals surface area contributed by atoms with Crippen LogP contribution in [-0.4, -0.2) is 43.8 Å². The number of halogens is 1. The van der Waals surface area contributed by atoms with Gasteiger partial charge in [0.15, 0.2) is 0 Å². The van der Waals surface area contributed by atoms with Crippen molar-refractivity contribution in [3.63, 3.8) is 0 Å². The van der Waals surface area contributed by atoms with Crippen molar-refractivity contribution in [2.24, 2.45) is 0 Å². The van der Waals surface area contributed by atoms with Crippen molar-refractivity contribution in [3.8, 4) is 0 Å². The highest BCUT2D eigenvalue weighted by molar-refractivity contribution is 7.92. The Kier molecular flexibility index (Phi) is 10.6. The molecule has 4 aromatic carbocycles. The first kappa shape index (κ1) is 31.8. The van der Waals surface area contributed by atoms with E-state index in [1.54, 1.807) is 42.5 Å². The fourth-order valence-corrected chi connectivity index (χ4v) is 6.57. The van der Waals surface area contributed by atoms with E-state index in [1.165, 1.54) is 17.0 Å². The zero-order valence-electron chi connectivity index (χ0n) is 24.5. The van der Waals surface area contributed by atoms with Gasteiger partial charge in [0.2, 0.25) is 11.8 Å². The predicted molar refractivity (Wildman–Crippen MR) is 171 cm³/mol. The number of nitrogens with one attached hydrogen (secondary N) is 1. The summed E-state index contributed by atoms with van der Waals surface area (Å²) in [6, 6.07) is 30.5. The molecule has 0 spiro atoms. The van der Waals surface area contributed by atoms with Gasteiger partial charge in [-0.05, 0) is 56.2 Å². The number of aryl methyl sites for hydroxylation is 1. The fourth-order valence-electron chi connectivity index (χ4n) is 4.83. The highest BCUT2D eigenvalue weighted by Crippen LogP contribution is 2.31. The quantitative estimate of drug-likeness (QED) is 0.211. The molecule has 7 nitrogen and oxygen atoms in total. The van der Waals surface area contributed by atoms with Gasteiger partial charge in [-0.25, -0.2) is 8.42 Å². The summed E-state index contributed by atoms with van der Waals surface area (Å²) in [6.07, 6.45) is 0.245. The van der Waals surface area contributed by atoms with Crippen LogP contribution in [0.15, 0.2) is 114 Å². The number of benzene rings is 4. The lowest BCUT2D eigenvalue weighted by Gasteiger charge is -2.34. The van der Waals surface area contributed by atoms with Crippen LogP contribution in [0.25, 0.3) is 0 Å². The van der Waals surface area contributed by atoms with Crippen LogP contribution >= 0.6 is 11.6 Å². The van der Waals surface area contributed by atoms with Crippen LogP contribution in [0.3, 0.4) is 0 Å². The zero-order chi connectivity index (χ0) is 31.0. The van der Waals surface area contributed by atoms with Crippen molar-refractivity contribution in [2.75, 3.05) is 10.8 Å². The number of nitrogens with zero attached hydrogens (tertiary/aromatic N) is 2. The number of rotatable bonds is 12. The first-order valence-corrected chi connectivity index (χ1v) is 15.9. The molecule has 0 saturated carbocycles. The van der Waals surface area contributed by atoms with E-state index in [2.05, 4.69) is 5.32 Å². The average molecular weight is 618 g/mol. The van der Waals surface area contributed by atoms with Crippen molar-refractivity contribution in [2.45, 2.75) is 50.7 Å². The lowest BCUT2D eigenvalue weighted by molar-refractivity contribution is -0.140. The Hall–Kier alpha value is -4.14. The Morgan fingerprint density at radius 3 is 2.05 bits per heavy atom. The molecule has 4 aromatic rings. The molecule has 4 rings (SSSR count). The van der Waals surface area contributed by atoms with Gasteiger partial charge in [-0.15, -0.1) is 0 Å². The molecular weight excluding hydrogens is 582 g/mol. The molecule has 224 valence electrons. The Labute approximate surface area is 259 Å². The van der Waals surface area contributed by atoms with Gasteiger partial charge >= 0.3 is 0 Å². The van der Waals surface area contributed by atoms with E-state index in [9.17, 15) is 18.0 Å². The number of anilines is 1. The molecule has 43 heavy (non-hydrogen) atoms. The summed E-state index contributed by atoms with van der Waals surface area (Å²) >= 11 is 6.51. The molecule has 0 heterocycles. The Bertz CT molecular complexity index is 1650. The molecule has 0 radical (unpaired) electrons. The summed E-state index contributed by atoms with van der Waals surface area (Å²) in [6.45, 7) is 5.21. The average Bonchev–Trinajstić information content (AvgIpc) is 2.98. The summed E-state index contributed by atoms with van der Waals surface area (Å²) in [4.78, 5) is 29.7. The smallest absolute Gasteiger partial charge is 0.264 e. The second-order valence-electron chi connectivity index (χ2n) is 10.7. The van der Waals surface area contributed by atoms with Crippen molar-refractivity contribution in [1.82, 2.24) is 10.2 Å². The van der Waals surface area contributed by atoms with Gasteiger partial charge in [0.1, 0.15) is 12.6 Å². The van der Waals surface area contributed by atoms with Gasteiger partial charge in [0.25, 0.3) is 10.0 Å². The minimum Gasteiger partial charge on any atom is -0.352 e. The van der Waals surface area contributed by atoms with E-state index in [-0.39, 0.29) is 40.5 Å². The largest absolute Gasteiger partial charge is 0.352 e. The predicted octanol–water partition coefficient (Wildman–Crippen LogP) is 6.01. The van der Waals surface area contributed by atoms with E-state index in [4.69, 9.17) is 11.6 Å². The van der Waals surface area contributed by atoms with Crippen LogP contribution < -0.4 is 9.62 Å². The third kappa shape index (κ3) is 8.24. The standard InChI is InChI=1S/C34H36ClN3O4S/c1-25(2)36-34(40)32(22-27-14-6-4-7-15-27)37(23-28-16-12-13-26(3)21-28)33(39)24-38(31-20-11-10-19-30(31)35)43(41,42)29-17-8-5-9-18-29/h4-21,25,32H,22-24H2,1-3H3,(H,36,40)/t32-/m0/s1. The number of carbonyl (C=O) groups is 2. The molecule has 2 amide bonds. The van der Waals surface area contributed by atoms with E-state index in [0.29, 0.717) is 0 Å². The Morgan fingerprint density at radius 2 is 1.42 bits per heavy atom. The van der Waals surface area contributed by atoms with Gasteiger partial charge in [-0.2, -0.15) is 0 Å². The summed E-state index contributed by atoms with van der Waals surface area (Å²) in [5, 5.41) is 3.14.